The van der Waals surface area contributed by atoms with Crippen LogP contribution in [0.4, 0.5) is 0 Å². The molecule has 0 bridgehead atoms. The molecule has 0 spiro atoms. The lowest BCUT2D eigenvalue weighted by molar-refractivity contribution is -0.124. The Kier molecular flexibility index (Phi) is 5.53. The molecule has 1 aliphatic rings. The van der Waals surface area contributed by atoms with Crippen LogP contribution in [-0.2, 0) is 4.79 Å². The monoisotopic (exact) mass is 254 g/mol. The molecule has 0 saturated carbocycles. The summed E-state index contributed by atoms with van der Waals surface area (Å²) in [6, 6.07) is 0.0295. The van der Waals surface area contributed by atoms with E-state index in [0.717, 1.165) is 17.4 Å². The molecule has 70 valence electrons. The molecule has 1 rings (SSSR count). The van der Waals surface area contributed by atoms with E-state index in [1.165, 1.54) is 0 Å². The van der Waals surface area contributed by atoms with E-state index in [4.69, 9.17) is 0 Å². The third-order valence-corrected chi connectivity index (χ3v) is 1.88. The highest BCUT2D eigenvalue weighted by molar-refractivity contribution is 9.11. The van der Waals surface area contributed by atoms with Gasteiger partial charge in [0.25, 0.3) is 0 Å². The van der Waals surface area contributed by atoms with Gasteiger partial charge in [-0.05, 0) is 13.0 Å². The van der Waals surface area contributed by atoms with Crippen molar-refractivity contribution in [2.45, 2.75) is 12.5 Å². The first-order valence-corrected chi connectivity index (χ1v) is 4.34. The van der Waals surface area contributed by atoms with Crippen LogP contribution in [0.1, 0.15) is 6.42 Å². The normalized spacial score (nSPS) is 20.2. The van der Waals surface area contributed by atoms with E-state index in [0.29, 0.717) is 6.54 Å². The number of carbonyl (C=O) groups is 1. The minimum atomic E-state index is 0. The van der Waals surface area contributed by atoms with Crippen LogP contribution in [0.5, 0.6) is 0 Å². The maximum absolute atomic E-state index is 11.1. The van der Waals surface area contributed by atoms with Gasteiger partial charge in [0.2, 0.25) is 5.91 Å². The fraction of sp³-hybridized carbons (Fsp3) is 0.571. The predicted octanol–water partition coefficient (Wildman–Crippen LogP) is 0.795. The molecule has 12 heavy (non-hydrogen) atoms. The van der Waals surface area contributed by atoms with Crippen LogP contribution < -0.4 is 10.6 Å². The first-order valence-electron chi connectivity index (χ1n) is 3.54. The van der Waals surface area contributed by atoms with Gasteiger partial charge in [-0.3, -0.25) is 4.79 Å². The molecule has 0 aromatic heterocycles. The zero-order chi connectivity index (χ0) is 8.27. The van der Waals surface area contributed by atoms with Crippen LogP contribution in [0.2, 0.25) is 0 Å². The molecule has 1 amide bonds. The van der Waals surface area contributed by atoms with E-state index in [-0.39, 0.29) is 24.4 Å². The highest BCUT2D eigenvalue weighted by Crippen LogP contribution is 2.02. The molecule has 1 heterocycles. The summed E-state index contributed by atoms with van der Waals surface area (Å²) in [4.78, 5) is 11.1. The van der Waals surface area contributed by atoms with Crippen LogP contribution >= 0.6 is 28.3 Å². The van der Waals surface area contributed by atoms with E-state index in [2.05, 4.69) is 33.1 Å². The van der Waals surface area contributed by atoms with Gasteiger partial charge in [0.15, 0.2) is 0 Å². The van der Waals surface area contributed by atoms with Gasteiger partial charge in [-0.1, -0.05) is 22.5 Å². The SMILES string of the molecule is C=C(Br)CNC(=O)[C@H]1CCN1.Cl. The summed E-state index contributed by atoms with van der Waals surface area (Å²) in [5.41, 5.74) is 0. The first kappa shape index (κ1) is 11.9. The molecule has 1 fully saturated rings. The van der Waals surface area contributed by atoms with E-state index in [1.807, 2.05) is 0 Å². The molecule has 0 unspecified atom stereocenters. The van der Waals surface area contributed by atoms with Gasteiger partial charge in [0.05, 0.1) is 6.04 Å². The highest BCUT2D eigenvalue weighted by Gasteiger charge is 2.23. The van der Waals surface area contributed by atoms with Crippen molar-refractivity contribution in [2.75, 3.05) is 13.1 Å². The minimum Gasteiger partial charge on any atom is -0.350 e. The number of hydrogen-bond acceptors (Lipinski definition) is 2. The second-order valence-corrected chi connectivity index (χ2v) is 3.65. The van der Waals surface area contributed by atoms with Crippen LogP contribution in [0, 0.1) is 0 Å². The fourth-order valence-electron chi connectivity index (χ4n) is 0.819. The smallest absolute Gasteiger partial charge is 0.237 e. The van der Waals surface area contributed by atoms with E-state index < -0.39 is 0 Å². The highest BCUT2D eigenvalue weighted by atomic mass is 79.9. The van der Waals surface area contributed by atoms with Gasteiger partial charge in [-0.25, -0.2) is 0 Å². The maximum atomic E-state index is 11.1. The second kappa shape index (κ2) is 5.56. The summed E-state index contributed by atoms with van der Waals surface area (Å²) >= 11 is 3.16. The van der Waals surface area contributed by atoms with Crippen molar-refractivity contribution in [3.63, 3.8) is 0 Å². The summed E-state index contributed by atoms with van der Waals surface area (Å²) in [6.07, 6.45) is 0.945. The van der Waals surface area contributed by atoms with Crippen molar-refractivity contribution in [3.8, 4) is 0 Å². The van der Waals surface area contributed by atoms with Crippen molar-refractivity contribution in [3.05, 3.63) is 11.1 Å². The first-order chi connectivity index (χ1) is 5.20. The average Bonchev–Trinajstić information content (AvgIpc) is 1.79. The largest absolute Gasteiger partial charge is 0.350 e. The van der Waals surface area contributed by atoms with Crippen molar-refractivity contribution >= 4 is 34.2 Å². The Hall–Kier alpha value is -0.0600. The quantitative estimate of drug-likeness (QED) is 0.783. The lowest BCUT2D eigenvalue weighted by Gasteiger charge is -2.26. The molecule has 0 aromatic rings. The molecule has 0 radical (unpaired) electrons. The summed E-state index contributed by atoms with van der Waals surface area (Å²) in [7, 11) is 0. The molecule has 0 aliphatic carbocycles. The number of hydrogen-bond donors (Lipinski definition) is 2. The molecule has 3 nitrogen and oxygen atoms in total. The fourth-order valence-corrected chi connectivity index (χ4v) is 0.959. The molecular weight excluding hydrogens is 243 g/mol. The second-order valence-electron chi connectivity index (χ2n) is 2.53. The Morgan fingerprint density at radius 3 is 2.67 bits per heavy atom. The Morgan fingerprint density at radius 1 is 1.75 bits per heavy atom. The van der Waals surface area contributed by atoms with Gasteiger partial charge < -0.3 is 10.6 Å². The van der Waals surface area contributed by atoms with Crippen molar-refractivity contribution in [2.24, 2.45) is 0 Å². The lowest BCUT2D eigenvalue weighted by atomic mass is 10.1. The molecule has 2 N–H and O–H groups in total. The van der Waals surface area contributed by atoms with Crippen molar-refractivity contribution in [1.29, 1.82) is 0 Å². The number of amides is 1. The third-order valence-electron chi connectivity index (χ3n) is 1.59. The van der Waals surface area contributed by atoms with Crippen LogP contribution in [0.3, 0.4) is 0 Å². The van der Waals surface area contributed by atoms with Gasteiger partial charge >= 0.3 is 0 Å². The van der Waals surface area contributed by atoms with Gasteiger partial charge in [0, 0.05) is 11.0 Å². The molecule has 1 aliphatic heterocycles. The van der Waals surface area contributed by atoms with Gasteiger partial charge in [-0.2, -0.15) is 0 Å². The topological polar surface area (TPSA) is 41.1 Å². The Bertz CT molecular complexity index is 182. The molecular formula is C7H12BrClN2O. The third kappa shape index (κ3) is 3.56. The van der Waals surface area contributed by atoms with Crippen LogP contribution in [0.15, 0.2) is 11.1 Å². The Balaban J connectivity index is 0.00000121. The zero-order valence-corrected chi connectivity index (χ0v) is 9.00. The minimum absolute atomic E-state index is 0. The molecule has 1 saturated heterocycles. The molecule has 1 atom stereocenters. The van der Waals surface area contributed by atoms with E-state index in [9.17, 15) is 4.79 Å². The number of halogens is 2. The Labute approximate surface area is 86.5 Å². The summed E-state index contributed by atoms with van der Waals surface area (Å²) in [6.45, 7) is 5.07. The summed E-state index contributed by atoms with van der Waals surface area (Å²) in [5.74, 6) is 0.0665. The maximum Gasteiger partial charge on any atom is 0.237 e. The Morgan fingerprint density at radius 2 is 2.33 bits per heavy atom. The summed E-state index contributed by atoms with van der Waals surface area (Å²) in [5, 5.41) is 5.75. The van der Waals surface area contributed by atoms with E-state index in [1.54, 1.807) is 0 Å². The van der Waals surface area contributed by atoms with Gasteiger partial charge in [-0.15, -0.1) is 12.4 Å². The molecule has 0 aromatic carbocycles. The predicted molar refractivity (Wildman–Crippen MR) is 54.7 cm³/mol. The van der Waals surface area contributed by atoms with Gasteiger partial charge in [0.1, 0.15) is 0 Å². The number of carbonyl (C=O) groups excluding carboxylic acids is 1. The summed E-state index contributed by atoms with van der Waals surface area (Å²) < 4.78 is 0.796. The van der Waals surface area contributed by atoms with Crippen LogP contribution in [0.25, 0.3) is 0 Å². The van der Waals surface area contributed by atoms with Crippen molar-refractivity contribution in [1.82, 2.24) is 10.6 Å². The van der Waals surface area contributed by atoms with E-state index >= 15 is 0 Å². The zero-order valence-electron chi connectivity index (χ0n) is 6.60. The number of nitrogens with one attached hydrogen (secondary N) is 2. The average molecular weight is 256 g/mol. The van der Waals surface area contributed by atoms with Crippen molar-refractivity contribution < 1.29 is 4.79 Å². The number of rotatable bonds is 3. The lowest BCUT2D eigenvalue weighted by Crippen LogP contribution is -2.53. The van der Waals surface area contributed by atoms with Crippen LogP contribution in [-0.4, -0.2) is 25.0 Å². The standard InChI is InChI=1S/C7H11BrN2O.ClH/c1-5(8)4-10-7(11)6-2-3-9-6;/h6,9H,1-4H2,(H,10,11);1H/t6-;/m1./s1. The molecule has 5 heteroatoms.